The summed E-state index contributed by atoms with van der Waals surface area (Å²) in [7, 11) is 0. The fourth-order valence-corrected chi connectivity index (χ4v) is 0.263. The SMILES string of the molecule is NNC(=O)NC(=O)CCl. The van der Waals surface area contributed by atoms with Crippen LogP contribution in [0.2, 0.25) is 0 Å². The van der Waals surface area contributed by atoms with Crippen molar-refractivity contribution in [2.24, 2.45) is 5.84 Å². The Hall–Kier alpha value is -0.810. The summed E-state index contributed by atoms with van der Waals surface area (Å²) in [6.07, 6.45) is 0. The Morgan fingerprint density at radius 2 is 2.11 bits per heavy atom. The molecule has 0 unspecified atom stereocenters. The van der Waals surface area contributed by atoms with Gasteiger partial charge in [-0.15, -0.1) is 11.6 Å². The van der Waals surface area contributed by atoms with Crippen LogP contribution in [0.1, 0.15) is 0 Å². The second-order valence-corrected chi connectivity index (χ2v) is 1.42. The van der Waals surface area contributed by atoms with Gasteiger partial charge in [0.15, 0.2) is 0 Å². The van der Waals surface area contributed by atoms with E-state index in [-0.39, 0.29) is 5.88 Å². The molecule has 0 atom stereocenters. The van der Waals surface area contributed by atoms with Crippen molar-refractivity contribution in [3.63, 3.8) is 0 Å². The standard InChI is InChI=1S/C3H6ClN3O2/c4-1-2(8)6-3(9)7-5/h1,5H2,(H2,6,7,8,9). The number of carbonyl (C=O) groups excluding carboxylic acids is 2. The van der Waals surface area contributed by atoms with E-state index in [2.05, 4.69) is 5.84 Å². The van der Waals surface area contributed by atoms with Gasteiger partial charge in [-0.25, -0.2) is 10.6 Å². The lowest BCUT2D eigenvalue weighted by Crippen LogP contribution is -2.43. The molecule has 4 N–H and O–H groups in total. The minimum Gasteiger partial charge on any atom is -0.276 e. The summed E-state index contributed by atoms with van der Waals surface area (Å²) in [5.74, 6) is 3.78. The van der Waals surface area contributed by atoms with Crippen molar-refractivity contribution in [3.8, 4) is 0 Å². The molecule has 6 heteroatoms. The van der Waals surface area contributed by atoms with Crippen LogP contribution in [0, 0.1) is 0 Å². The van der Waals surface area contributed by atoms with Crippen molar-refractivity contribution < 1.29 is 9.59 Å². The zero-order valence-electron chi connectivity index (χ0n) is 4.48. The summed E-state index contributed by atoms with van der Waals surface area (Å²) in [6.45, 7) is 0. The van der Waals surface area contributed by atoms with Gasteiger partial charge in [0, 0.05) is 0 Å². The predicted octanol–water partition coefficient (Wildman–Crippen LogP) is -1.08. The van der Waals surface area contributed by atoms with Crippen molar-refractivity contribution in [3.05, 3.63) is 0 Å². The number of hydrogen-bond acceptors (Lipinski definition) is 3. The molecule has 0 saturated carbocycles. The zero-order valence-corrected chi connectivity index (χ0v) is 5.23. The van der Waals surface area contributed by atoms with E-state index >= 15 is 0 Å². The summed E-state index contributed by atoms with van der Waals surface area (Å²) in [5.41, 5.74) is 1.70. The molecule has 0 fully saturated rings. The number of nitrogens with two attached hydrogens (primary N) is 1. The molecule has 5 nitrogen and oxygen atoms in total. The Balaban J connectivity index is 3.47. The maximum atomic E-state index is 10.2. The summed E-state index contributed by atoms with van der Waals surface area (Å²) >= 11 is 5.02. The van der Waals surface area contributed by atoms with Crippen LogP contribution in [0.25, 0.3) is 0 Å². The van der Waals surface area contributed by atoms with Gasteiger partial charge in [-0.2, -0.15) is 0 Å². The fraction of sp³-hybridized carbons (Fsp3) is 0.333. The molecule has 0 bridgehead atoms. The minimum absolute atomic E-state index is 0.257. The number of nitrogens with one attached hydrogen (secondary N) is 2. The highest BCUT2D eigenvalue weighted by Gasteiger charge is 2.01. The van der Waals surface area contributed by atoms with E-state index in [0.29, 0.717) is 0 Å². The zero-order chi connectivity index (χ0) is 7.28. The van der Waals surface area contributed by atoms with E-state index < -0.39 is 11.9 Å². The number of alkyl halides is 1. The van der Waals surface area contributed by atoms with Crippen molar-refractivity contribution in [1.82, 2.24) is 10.7 Å². The smallest absolute Gasteiger partial charge is 0.276 e. The van der Waals surface area contributed by atoms with E-state index in [4.69, 9.17) is 11.6 Å². The predicted molar refractivity (Wildman–Crippen MR) is 31.6 cm³/mol. The summed E-state index contributed by atoms with van der Waals surface area (Å²) < 4.78 is 0. The van der Waals surface area contributed by atoms with Crippen LogP contribution in [0.3, 0.4) is 0 Å². The van der Waals surface area contributed by atoms with Gasteiger partial charge < -0.3 is 0 Å². The Labute approximate surface area is 56.5 Å². The van der Waals surface area contributed by atoms with E-state index in [1.165, 1.54) is 0 Å². The van der Waals surface area contributed by atoms with Gasteiger partial charge in [0.2, 0.25) is 5.91 Å². The molecule has 0 aliphatic heterocycles. The minimum atomic E-state index is -0.763. The van der Waals surface area contributed by atoms with Crippen LogP contribution >= 0.6 is 11.6 Å². The van der Waals surface area contributed by atoms with Gasteiger partial charge in [-0.05, 0) is 0 Å². The maximum absolute atomic E-state index is 10.2. The maximum Gasteiger partial charge on any atom is 0.335 e. The highest BCUT2D eigenvalue weighted by atomic mass is 35.5. The van der Waals surface area contributed by atoms with E-state index in [0.717, 1.165) is 0 Å². The lowest BCUT2D eigenvalue weighted by molar-refractivity contribution is -0.117. The Morgan fingerprint density at radius 1 is 1.56 bits per heavy atom. The molecule has 52 valence electrons. The molecule has 0 aliphatic rings. The number of imide groups is 1. The average molecular weight is 152 g/mol. The number of hydrazine groups is 1. The largest absolute Gasteiger partial charge is 0.335 e. The molecule has 0 aliphatic carbocycles. The second kappa shape index (κ2) is 4.11. The number of halogens is 1. The monoisotopic (exact) mass is 151 g/mol. The van der Waals surface area contributed by atoms with Crippen molar-refractivity contribution >= 4 is 23.5 Å². The number of carbonyl (C=O) groups is 2. The van der Waals surface area contributed by atoms with Crippen LogP contribution in [-0.2, 0) is 4.79 Å². The lowest BCUT2D eigenvalue weighted by atomic mass is 10.7. The molecule has 0 spiro atoms. The summed E-state index contributed by atoms with van der Waals surface area (Å²) in [5, 5.41) is 1.83. The quantitative estimate of drug-likeness (QED) is 0.193. The first-order chi connectivity index (χ1) is 4.20. The fourth-order valence-electron chi connectivity index (χ4n) is 0.196. The van der Waals surface area contributed by atoms with Crippen LogP contribution in [0.15, 0.2) is 0 Å². The molecular formula is C3H6ClN3O2. The van der Waals surface area contributed by atoms with Gasteiger partial charge >= 0.3 is 6.03 Å². The van der Waals surface area contributed by atoms with Crippen molar-refractivity contribution in [2.75, 3.05) is 5.88 Å². The number of amides is 3. The molecule has 9 heavy (non-hydrogen) atoms. The number of rotatable bonds is 1. The normalized spacial score (nSPS) is 8.22. The molecule has 0 aromatic rings. The van der Waals surface area contributed by atoms with E-state index in [1.807, 2.05) is 5.32 Å². The first-order valence-corrected chi connectivity index (χ1v) is 2.60. The van der Waals surface area contributed by atoms with Gasteiger partial charge in [-0.1, -0.05) is 0 Å². The molecular weight excluding hydrogens is 146 g/mol. The second-order valence-electron chi connectivity index (χ2n) is 1.16. The molecule has 0 radical (unpaired) electrons. The van der Waals surface area contributed by atoms with Gasteiger partial charge in [0.1, 0.15) is 5.88 Å². The third-order valence-electron chi connectivity index (χ3n) is 0.505. The Morgan fingerprint density at radius 3 is 2.44 bits per heavy atom. The average Bonchev–Trinajstić information content (AvgIpc) is 1.87. The van der Waals surface area contributed by atoms with Crippen LogP contribution < -0.4 is 16.6 Å². The van der Waals surface area contributed by atoms with Crippen LogP contribution in [0.5, 0.6) is 0 Å². The number of hydrogen-bond donors (Lipinski definition) is 3. The first kappa shape index (κ1) is 8.19. The summed E-state index contributed by atoms with van der Waals surface area (Å²) in [6, 6.07) is -0.763. The number of urea groups is 1. The molecule has 3 amide bonds. The molecule has 0 rings (SSSR count). The van der Waals surface area contributed by atoms with E-state index in [9.17, 15) is 9.59 Å². The van der Waals surface area contributed by atoms with Crippen LogP contribution in [0.4, 0.5) is 4.79 Å². The van der Waals surface area contributed by atoms with Crippen molar-refractivity contribution in [1.29, 1.82) is 0 Å². The Bertz CT molecular complexity index is 112. The molecule has 0 saturated heterocycles. The molecule has 0 aromatic heterocycles. The molecule has 0 heterocycles. The third kappa shape index (κ3) is 3.75. The topological polar surface area (TPSA) is 84.2 Å². The highest BCUT2D eigenvalue weighted by molar-refractivity contribution is 6.28. The first-order valence-electron chi connectivity index (χ1n) is 2.07. The Kier molecular flexibility index (Phi) is 3.74. The molecule has 0 aromatic carbocycles. The highest BCUT2D eigenvalue weighted by Crippen LogP contribution is 1.72. The lowest BCUT2D eigenvalue weighted by Gasteiger charge is -1.97. The van der Waals surface area contributed by atoms with Gasteiger partial charge in [0.05, 0.1) is 0 Å². The van der Waals surface area contributed by atoms with E-state index in [1.54, 1.807) is 5.43 Å². The van der Waals surface area contributed by atoms with Crippen LogP contribution in [-0.4, -0.2) is 17.8 Å². The third-order valence-corrected chi connectivity index (χ3v) is 0.748. The van der Waals surface area contributed by atoms with Gasteiger partial charge in [0.25, 0.3) is 0 Å². The van der Waals surface area contributed by atoms with Crippen molar-refractivity contribution in [2.45, 2.75) is 0 Å². The summed E-state index contributed by atoms with van der Waals surface area (Å²) in [4.78, 5) is 20.4. The van der Waals surface area contributed by atoms with Gasteiger partial charge in [-0.3, -0.25) is 15.5 Å².